The number of hydrogen-bond acceptors (Lipinski definition) is 4. The van der Waals surface area contributed by atoms with Crippen LogP contribution in [0.15, 0.2) is 18.2 Å². The van der Waals surface area contributed by atoms with Gasteiger partial charge in [-0.1, -0.05) is 0 Å². The average molecular weight is 298 g/mol. The van der Waals surface area contributed by atoms with Crippen molar-refractivity contribution < 1.29 is 9.53 Å². The highest BCUT2D eigenvalue weighted by Gasteiger charge is 2.18. The molecule has 2 aliphatic heterocycles. The summed E-state index contributed by atoms with van der Waals surface area (Å²) in [4.78, 5) is 12.2. The van der Waals surface area contributed by atoms with Crippen LogP contribution in [0.1, 0.15) is 34.0 Å². The van der Waals surface area contributed by atoms with E-state index in [0.29, 0.717) is 25.1 Å². The molecule has 6 heteroatoms. The lowest BCUT2D eigenvalue weighted by Crippen LogP contribution is -2.26. The van der Waals surface area contributed by atoms with Gasteiger partial charge in [0.1, 0.15) is 17.4 Å². The van der Waals surface area contributed by atoms with Crippen LogP contribution < -0.4 is 10.1 Å². The Morgan fingerprint density at radius 1 is 1.32 bits per heavy atom. The van der Waals surface area contributed by atoms with Crippen LogP contribution >= 0.6 is 0 Å². The molecule has 4 rings (SSSR count). The van der Waals surface area contributed by atoms with Crippen LogP contribution in [0.3, 0.4) is 0 Å². The molecule has 0 aliphatic carbocycles. The second kappa shape index (κ2) is 5.44. The molecule has 6 nitrogen and oxygen atoms in total. The van der Waals surface area contributed by atoms with Gasteiger partial charge < -0.3 is 14.6 Å². The fraction of sp³-hybridized carbons (Fsp3) is 0.438. The molecule has 0 unspecified atom stereocenters. The second-order valence-electron chi connectivity index (χ2n) is 5.71. The second-order valence-corrected chi connectivity index (χ2v) is 5.71. The topological polar surface area (TPSA) is 69.0 Å². The van der Waals surface area contributed by atoms with Crippen molar-refractivity contribution in [3.05, 3.63) is 41.0 Å². The van der Waals surface area contributed by atoms with Gasteiger partial charge in [-0.3, -0.25) is 4.79 Å². The van der Waals surface area contributed by atoms with Crippen LogP contribution in [0.25, 0.3) is 0 Å². The zero-order valence-corrected chi connectivity index (χ0v) is 12.3. The third kappa shape index (κ3) is 2.34. The Morgan fingerprint density at radius 2 is 2.27 bits per heavy atom. The van der Waals surface area contributed by atoms with Crippen molar-refractivity contribution in [1.82, 2.24) is 20.1 Å². The number of benzene rings is 1. The van der Waals surface area contributed by atoms with E-state index >= 15 is 0 Å². The molecule has 22 heavy (non-hydrogen) atoms. The molecule has 1 amide bonds. The van der Waals surface area contributed by atoms with Gasteiger partial charge in [-0.15, -0.1) is 10.2 Å². The maximum absolute atomic E-state index is 12.2. The smallest absolute Gasteiger partial charge is 0.251 e. The van der Waals surface area contributed by atoms with Gasteiger partial charge in [0.05, 0.1) is 6.61 Å². The lowest BCUT2D eigenvalue weighted by molar-refractivity contribution is 0.0954. The summed E-state index contributed by atoms with van der Waals surface area (Å²) in [6, 6.07) is 5.61. The third-order valence-corrected chi connectivity index (χ3v) is 4.27. The molecule has 1 aromatic heterocycles. The summed E-state index contributed by atoms with van der Waals surface area (Å²) >= 11 is 0. The number of carbonyl (C=O) groups excluding carboxylic acids is 1. The minimum absolute atomic E-state index is 0.0455. The van der Waals surface area contributed by atoms with E-state index in [9.17, 15) is 4.79 Å². The van der Waals surface area contributed by atoms with Gasteiger partial charge in [-0.25, -0.2) is 0 Å². The number of ether oxygens (including phenoxy) is 1. The fourth-order valence-corrected chi connectivity index (χ4v) is 3.11. The molecule has 0 atom stereocenters. The van der Waals surface area contributed by atoms with Crippen molar-refractivity contribution in [2.24, 2.45) is 0 Å². The number of rotatable bonds is 4. The highest BCUT2D eigenvalue weighted by atomic mass is 16.5. The zero-order chi connectivity index (χ0) is 14.9. The normalized spacial score (nSPS) is 15.3. The Bertz CT molecular complexity index is 723. The minimum atomic E-state index is -0.0455. The summed E-state index contributed by atoms with van der Waals surface area (Å²) in [5.74, 6) is 2.89. The van der Waals surface area contributed by atoms with Crippen molar-refractivity contribution in [2.45, 2.75) is 32.2 Å². The summed E-state index contributed by atoms with van der Waals surface area (Å²) in [7, 11) is 0. The maximum atomic E-state index is 12.2. The number of nitrogens with one attached hydrogen (secondary N) is 1. The van der Waals surface area contributed by atoms with Gasteiger partial charge in [-0.05, 0) is 30.2 Å². The Labute approximate surface area is 128 Å². The quantitative estimate of drug-likeness (QED) is 0.919. The summed E-state index contributed by atoms with van der Waals surface area (Å²) in [6.45, 7) is 2.28. The standard InChI is InChI=1S/C16H18N4O2/c21-16(12-3-4-13-11(10-12)6-9-22-13)17-7-5-15-19-18-14-2-1-8-20(14)15/h3-4,10H,1-2,5-9H2,(H,17,21). The molecular weight excluding hydrogens is 280 g/mol. The third-order valence-electron chi connectivity index (χ3n) is 4.27. The Kier molecular flexibility index (Phi) is 3.29. The van der Waals surface area contributed by atoms with E-state index in [1.54, 1.807) is 0 Å². The fourth-order valence-electron chi connectivity index (χ4n) is 3.11. The van der Waals surface area contributed by atoms with Crippen LogP contribution in [0.2, 0.25) is 0 Å². The SMILES string of the molecule is O=C(NCCc1nnc2n1CCC2)c1ccc2c(c1)CCO2. The molecule has 0 saturated carbocycles. The number of fused-ring (bicyclic) bond motifs is 2. The van der Waals surface area contributed by atoms with E-state index in [2.05, 4.69) is 20.1 Å². The maximum Gasteiger partial charge on any atom is 0.251 e. The first-order chi connectivity index (χ1) is 10.8. The van der Waals surface area contributed by atoms with Gasteiger partial charge in [0.2, 0.25) is 0 Å². The van der Waals surface area contributed by atoms with E-state index < -0.39 is 0 Å². The summed E-state index contributed by atoms with van der Waals surface area (Å²) < 4.78 is 7.62. The molecule has 0 saturated heterocycles. The monoisotopic (exact) mass is 298 g/mol. The van der Waals surface area contributed by atoms with Crippen molar-refractivity contribution in [2.75, 3.05) is 13.2 Å². The lowest BCUT2D eigenvalue weighted by atomic mass is 10.1. The molecule has 0 radical (unpaired) electrons. The van der Waals surface area contributed by atoms with Crippen LogP contribution in [0.5, 0.6) is 5.75 Å². The van der Waals surface area contributed by atoms with Gasteiger partial charge in [0, 0.05) is 37.9 Å². The Morgan fingerprint density at radius 3 is 3.23 bits per heavy atom. The van der Waals surface area contributed by atoms with Crippen LogP contribution in [-0.2, 0) is 25.8 Å². The van der Waals surface area contributed by atoms with Crippen LogP contribution in [0.4, 0.5) is 0 Å². The molecular formula is C16H18N4O2. The summed E-state index contributed by atoms with van der Waals surface area (Å²) in [6.07, 6.45) is 3.74. The van der Waals surface area contributed by atoms with E-state index in [1.807, 2.05) is 18.2 Å². The molecule has 1 aromatic carbocycles. The largest absolute Gasteiger partial charge is 0.493 e. The highest BCUT2D eigenvalue weighted by molar-refractivity contribution is 5.94. The lowest BCUT2D eigenvalue weighted by Gasteiger charge is -2.07. The van der Waals surface area contributed by atoms with Gasteiger partial charge in [0.25, 0.3) is 5.91 Å². The zero-order valence-electron chi connectivity index (χ0n) is 12.3. The van der Waals surface area contributed by atoms with Gasteiger partial charge in [-0.2, -0.15) is 0 Å². The van der Waals surface area contributed by atoms with E-state index in [1.165, 1.54) is 0 Å². The van der Waals surface area contributed by atoms with Crippen molar-refractivity contribution in [3.63, 3.8) is 0 Å². The number of nitrogens with zero attached hydrogens (tertiary/aromatic N) is 3. The first kappa shape index (κ1) is 13.3. The first-order valence-corrected chi connectivity index (χ1v) is 7.76. The summed E-state index contributed by atoms with van der Waals surface area (Å²) in [5, 5.41) is 11.3. The number of aryl methyl sites for hydroxylation is 1. The molecule has 0 bridgehead atoms. The van der Waals surface area contributed by atoms with Crippen molar-refractivity contribution >= 4 is 5.91 Å². The number of hydrogen-bond donors (Lipinski definition) is 1. The predicted octanol–water partition coefficient (Wildman–Crippen LogP) is 1.13. The predicted molar refractivity (Wildman–Crippen MR) is 80.0 cm³/mol. The van der Waals surface area contributed by atoms with E-state index in [4.69, 9.17) is 4.74 Å². The number of amides is 1. The van der Waals surface area contributed by atoms with Crippen molar-refractivity contribution in [1.29, 1.82) is 0 Å². The molecule has 2 aliphatic rings. The van der Waals surface area contributed by atoms with Gasteiger partial charge in [0.15, 0.2) is 0 Å². The molecule has 2 aromatic rings. The van der Waals surface area contributed by atoms with Crippen LogP contribution in [-0.4, -0.2) is 33.8 Å². The van der Waals surface area contributed by atoms with Crippen LogP contribution in [0, 0.1) is 0 Å². The van der Waals surface area contributed by atoms with Crippen molar-refractivity contribution in [3.8, 4) is 5.75 Å². The molecule has 3 heterocycles. The number of carbonyl (C=O) groups is 1. The number of aromatic nitrogens is 3. The van der Waals surface area contributed by atoms with E-state index in [0.717, 1.165) is 48.8 Å². The molecule has 0 spiro atoms. The van der Waals surface area contributed by atoms with Gasteiger partial charge >= 0.3 is 0 Å². The first-order valence-electron chi connectivity index (χ1n) is 7.76. The minimum Gasteiger partial charge on any atom is -0.493 e. The Hall–Kier alpha value is -2.37. The molecule has 1 N–H and O–H groups in total. The Balaban J connectivity index is 1.36. The highest BCUT2D eigenvalue weighted by Crippen LogP contribution is 2.25. The molecule has 114 valence electrons. The summed E-state index contributed by atoms with van der Waals surface area (Å²) in [5.41, 5.74) is 1.80. The van der Waals surface area contributed by atoms with E-state index in [-0.39, 0.29) is 5.91 Å². The average Bonchev–Trinajstić information content (AvgIpc) is 3.23. The molecule has 0 fully saturated rings.